The van der Waals surface area contributed by atoms with Gasteiger partial charge in [0.05, 0.1) is 32.4 Å². The first-order chi connectivity index (χ1) is 22.4. The van der Waals surface area contributed by atoms with Gasteiger partial charge in [-0.1, -0.05) is 78.9 Å². The quantitative estimate of drug-likeness (QED) is 0.219. The van der Waals surface area contributed by atoms with Gasteiger partial charge in [0, 0.05) is 12.1 Å². The first-order valence-electron chi connectivity index (χ1n) is 15.7. The summed E-state index contributed by atoms with van der Waals surface area (Å²) < 4.78 is 16.9. The summed E-state index contributed by atoms with van der Waals surface area (Å²) in [7, 11) is 3.03. The molecule has 4 aromatic rings. The molecule has 1 aliphatic heterocycles. The Bertz CT molecular complexity index is 1710. The van der Waals surface area contributed by atoms with Gasteiger partial charge in [-0.2, -0.15) is 0 Å². The number of carbonyl (C=O) groups excluding carboxylic acids is 3. The average molecular weight is 619 g/mol. The molecule has 0 saturated heterocycles. The van der Waals surface area contributed by atoms with Crippen molar-refractivity contribution in [2.75, 3.05) is 19.1 Å². The summed E-state index contributed by atoms with van der Waals surface area (Å²) in [5.41, 5.74) is 2.88. The molecule has 6 rings (SSSR count). The van der Waals surface area contributed by atoms with Crippen molar-refractivity contribution in [3.05, 3.63) is 125 Å². The number of carbonyl (C=O) groups is 3. The number of anilines is 1. The number of methoxy groups -OCH3 is 2. The van der Waals surface area contributed by atoms with Crippen LogP contribution in [0.25, 0.3) is 0 Å². The van der Waals surface area contributed by atoms with Crippen molar-refractivity contribution in [3.63, 3.8) is 0 Å². The smallest absolute Gasteiger partial charge is 0.338 e. The third kappa shape index (κ3) is 5.95. The number of nitrogens with one attached hydrogen (secondary N) is 1. The van der Waals surface area contributed by atoms with Crippen LogP contribution in [0.1, 0.15) is 52.7 Å². The average Bonchev–Trinajstić information content (AvgIpc) is 3.32. The second kappa shape index (κ2) is 13.5. The minimum Gasteiger partial charge on any atom is -0.493 e. The summed E-state index contributed by atoms with van der Waals surface area (Å²) in [6.07, 6.45) is 1.69. The van der Waals surface area contributed by atoms with Gasteiger partial charge in [-0.3, -0.25) is 9.59 Å². The molecule has 1 N–H and O–H groups in total. The minimum absolute atomic E-state index is 0.0993. The van der Waals surface area contributed by atoms with E-state index in [0.29, 0.717) is 43.7 Å². The van der Waals surface area contributed by atoms with Gasteiger partial charge in [-0.25, -0.2) is 4.79 Å². The van der Waals surface area contributed by atoms with Crippen LogP contribution in [0.2, 0.25) is 0 Å². The van der Waals surface area contributed by atoms with Crippen LogP contribution >= 0.6 is 0 Å². The molecule has 46 heavy (non-hydrogen) atoms. The predicted molar refractivity (Wildman–Crippen MR) is 175 cm³/mol. The molecule has 3 atom stereocenters. The number of fused-ring (bicyclic) bond motifs is 2. The van der Waals surface area contributed by atoms with E-state index >= 15 is 0 Å². The van der Waals surface area contributed by atoms with Crippen LogP contribution in [0.4, 0.5) is 5.69 Å². The minimum atomic E-state index is -1.10. The number of para-hydroxylation sites is 1. The van der Waals surface area contributed by atoms with E-state index in [-0.39, 0.29) is 23.8 Å². The van der Waals surface area contributed by atoms with Crippen molar-refractivity contribution in [3.8, 4) is 11.5 Å². The highest BCUT2D eigenvalue weighted by Gasteiger charge is 2.60. The molecule has 1 saturated carbocycles. The fraction of sp³-hybridized carbons (Fsp3) is 0.289. The number of benzene rings is 4. The topological polar surface area (TPSA) is 94.2 Å². The molecule has 8 heteroatoms. The number of aryl methyl sites for hydroxylation is 1. The Morgan fingerprint density at radius 2 is 1.52 bits per heavy atom. The van der Waals surface area contributed by atoms with Crippen molar-refractivity contribution >= 4 is 23.5 Å². The van der Waals surface area contributed by atoms with E-state index in [1.165, 1.54) is 14.2 Å². The van der Waals surface area contributed by atoms with Crippen LogP contribution in [0, 0.1) is 0 Å². The molecule has 0 bridgehead atoms. The molecular weight excluding hydrogens is 580 g/mol. The van der Waals surface area contributed by atoms with Crippen LogP contribution in [-0.2, 0) is 32.7 Å². The third-order valence-corrected chi connectivity index (χ3v) is 9.13. The first-order valence-corrected chi connectivity index (χ1v) is 15.7. The molecule has 1 heterocycles. The lowest BCUT2D eigenvalue weighted by Gasteiger charge is -2.44. The first kappa shape index (κ1) is 30.9. The standard InChI is InChI=1S/C38H38N2O6/c1-44-31-21-20-28(24-33(31)45-2)36(42)46-32-18-11-23-38(35(32)39-34(41)22-19-26-12-5-3-6-13-26)29-16-9-10-17-30(29)40(37(38)43)25-27-14-7-4-8-15-27/h3-10,12-17,20-21,24,32,35H,11,18-19,22-23,25H2,1-2H3,(H,39,41)/t32-,35+,38+/m1/s1. The van der Waals surface area contributed by atoms with Gasteiger partial charge < -0.3 is 24.4 Å². The van der Waals surface area contributed by atoms with Crippen molar-refractivity contribution in [1.82, 2.24) is 5.32 Å². The summed E-state index contributed by atoms with van der Waals surface area (Å²) >= 11 is 0. The fourth-order valence-electron chi connectivity index (χ4n) is 6.90. The number of rotatable bonds is 10. The lowest BCUT2D eigenvalue weighted by atomic mass is 9.65. The maximum atomic E-state index is 14.8. The van der Waals surface area contributed by atoms with E-state index in [4.69, 9.17) is 14.2 Å². The number of esters is 1. The largest absolute Gasteiger partial charge is 0.493 e. The maximum Gasteiger partial charge on any atom is 0.338 e. The number of hydrogen-bond donors (Lipinski definition) is 1. The van der Waals surface area contributed by atoms with E-state index in [9.17, 15) is 14.4 Å². The zero-order valence-electron chi connectivity index (χ0n) is 26.1. The van der Waals surface area contributed by atoms with Crippen molar-refractivity contribution in [1.29, 1.82) is 0 Å². The Hall–Kier alpha value is -5.11. The van der Waals surface area contributed by atoms with Crippen LogP contribution in [-0.4, -0.2) is 44.1 Å². The van der Waals surface area contributed by atoms with Gasteiger partial charge in [0.2, 0.25) is 11.8 Å². The van der Waals surface area contributed by atoms with Crippen LogP contribution in [0.5, 0.6) is 11.5 Å². The molecule has 8 nitrogen and oxygen atoms in total. The van der Waals surface area contributed by atoms with Crippen LogP contribution in [0.15, 0.2) is 103 Å². The highest BCUT2D eigenvalue weighted by Crippen LogP contribution is 2.51. The number of amides is 2. The number of hydrogen-bond acceptors (Lipinski definition) is 6. The van der Waals surface area contributed by atoms with E-state index in [2.05, 4.69) is 5.32 Å². The van der Waals surface area contributed by atoms with Crippen LogP contribution in [0.3, 0.4) is 0 Å². The lowest BCUT2D eigenvalue weighted by Crippen LogP contribution is -2.63. The number of ether oxygens (including phenoxy) is 3. The van der Waals surface area contributed by atoms with Gasteiger partial charge in [0.15, 0.2) is 11.5 Å². The second-order valence-corrected chi connectivity index (χ2v) is 11.8. The Morgan fingerprint density at radius 3 is 2.24 bits per heavy atom. The molecule has 1 spiro atoms. The van der Waals surface area contributed by atoms with Gasteiger partial charge in [0.1, 0.15) is 11.5 Å². The summed E-state index contributed by atoms with van der Waals surface area (Å²) in [4.78, 5) is 43.9. The Labute approximate surface area is 269 Å². The molecule has 4 aromatic carbocycles. The highest BCUT2D eigenvalue weighted by atomic mass is 16.5. The maximum absolute atomic E-state index is 14.8. The molecule has 0 radical (unpaired) electrons. The summed E-state index contributed by atoms with van der Waals surface area (Å²) in [6, 6.07) is 31.5. The summed E-state index contributed by atoms with van der Waals surface area (Å²) in [5.74, 6) is 0.0310. The molecule has 0 unspecified atom stereocenters. The Kier molecular flexibility index (Phi) is 9.06. The van der Waals surface area contributed by atoms with E-state index in [1.54, 1.807) is 18.2 Å². The van der Waals surface area contributed by atoms with Gasteiger partial charge in [-0.15, -0.1) is 0 Å². The number of nitrogens with zero attached hydrogens (tertiary/aromatic N) is 1. The molecule has 1 fully saturated rings. The van der Waals surface area contributed by atoms with Gasteiger partial charge >= 0.3 is 5.97 Å². The molecule has 0 aromatic heterocycles. The SMILES string of the molecule is COc1ccc(C(=O)O[C@@H]2CCC[C@@]3(C(=O)N(Cc4ccccc4)c4ccccc43)[C@H]2NC(=O)CCc2ccccc2)cc1OC. The van der Waals surface area contributed by atoms with Crippen molar-refractivity contribution in [2.24, 2.45) is 0 Å². The molecule has 236 valence electrons. The second-order valence-electron chi connectivity index (χ2n) is 11.8. The van der Waals surface area contributed by atoms with Gasteiger partial charge in [-0.05, 0) is 66.6 Å². The van der Waals surface area contributed by atoms with E-state index in [1.807, 2.05) is 89.8 Å². The third-order valence-electron chi connectivity index (χ3n) is 9.13. The van der Waals surface area contributed by atoms with Crippen LogP contribution < -0.4 is 19.7 Å². The van der Waals surface area contributed by atoms with E-state index in [0.717, 1.165) is 22.4 Å². The molecular formula is C38H38N2O6. The van der Waals surface area contributed by atoms with Gasteiger partial charge in [0.25, 0.3) is 0 Å². The predicted octanol–water partition coefficient (Wildman–Crippen LogP) is 6.02. The summed E-state index contributed by atoms with van der Waals surface area (Å²) in [6.45, 7) is 0.392. The zero-order chi connectivity index (χ0) is 32.1. The monoisotopic (exact) mass is 618 g/mol. The molecule has 2 aliphatic rings. The summed E-state index contributed by atoms with van der Waals surface area (Å²) in [5, 5.41) is 3.22. The normalized spacial score (nSPS) is 20.2. The zero-order valence-corrected chi connectivity index (χ0v) is 26.1. The molecule has 2 amide bonds. The Morgan fingerprint density at radius 1 is 0.848 bits per heavy atom. The molecule has 1 aliphatic carbocycles. The Balaban J connectivity index is 1.35. The fourth-order valence-corrected chi connectivity index (χ4v) is 6.90. The van der Waals surface area contributed by atoms with E-state index < -0.39 is 23.5 Å². The van der Waals surface area contributed by atoms with Crippen molar-refractivity contribution < 1.29 is 28.6 Å². The highest BCUT2D eigenvalue weighted by molar-refractivity contribution is 6.09. The lowest BCUT2D eigenvalue weighted by molar-refractivity contribution is -0.131. The van der Waals surface area contributed by atoms with Crippen molar-refractivity contribution in [2.45, 2.75) is 56.2 Å².